The van der Waals surface area contributed by atoms with E-state index >= 15 is 0 Å². The standard InChI is InChI=1S/C21H39N5.HI/c1-7-26(8-2)17-9-10-18(3)24-21(22-4)23-16-15-19-11-13-20(14-12-19)25(5)6;/h11-14,18H,7-10,15-17H2,1-6H3,(H2,22,23,24);1H. The van der Waals surface area contributed by atoms with E-state index in [-0.39, 0.29) is 24.0 Å². The number of guanidine groups is 1. The third-order valence-electron chi connectivity index (χ3n) is 4.77. The van der Waals surface area contributed by atoms with Crippen LogP contribution in [0.5, 0.6) is 0 Å². The first-order valence-corrected chi connectivity index (χ1v) is 9.95. The molecule has 0 aliphatic rings. The van der Waals surface area contributed by atoms with Gasteiger partial charge in [0, 0.05) is 39.4 Å². The van der Waals surface area contributed by atoms with Gasteiger partial charge in [-0.1, -0.05) is 26.0 Å². The molecular formula is C21H40IN5. The average Bonchev–Trinajstić information content (AvgIpc) is 2.64. The predicted molar refractivity (Wildman–Crippen MR) is 131 cm³/mol. The molecule has 0 saturated heterocycles. The van der Waals surface area contributed by atoms with Crippen molar-refractivity contribution < 1.29 is 0 Å². The van der Waals surface area contributed by atoms with Crippen molar-refractivity contribution in [2.75, 3.05) is 52.2 Å². The summed E-state index contributed by atoms with van der Waals surface area (Å²) in [5, 5.41) is 6.93. The van der Waals surface area contributed by atoms with Crippen molar-refractivity contribution in [2.24, 2.45) is 4.99 Å². The predicted octanol–water partition coefficient (Wildman–Crippen LogP) is 3.59. The molecule has 1 atom stereocenters. The van der Waals surface area contributed by atoms with Crippen LogP contribution in [-0.4, -0.2) is 64.2 Å². The van der Waals surface area contributed by atoms with Gasteiger partial charge in [-0.15, -0.1) is 24.0 Å². The molecule has 0 heterocycles. The average molecular weight is 489 g/mol. The summed E-state index contributed by atoms with van der Waals surface area (Å²) >= 11 is 0. The summed E-state index contributed by atoms with van der Waals surface area (Å²) in [6.45, 7) is 11.0. The number of nitrogens with zero attached hydrogens (tertiary/aromatic N) is 3. The molecule has 0 amide bonds. The Balaban J connectivity index is 0.00000676. The molecule has 1 aromatic carbocycles. The van der Waals surface area contributed by atoms with Crippen molar-refractivity contribution in [3.05, 3.63) is 29.8 Å². The van der Waals surface area contributed by atoms with Crippen LogP contribution < -0.4 is 15.5 Å². The van der Waals surface area contributed by atoms with E-state index in [4.69, 9.17) is 0 Å². The molecule has 0 saturated carbocycles. The minimum Gasteiger partial charge on any atom is -0.378 e. The van der Waals surface area contributed by atoms with E-state index in [1.54, 1.807) is 0 Å². The van der Waals surface area contributed by atoms with Crippen LogP contribution in [0, 0.1) is 0 Å². The van der Waals surface area contributed by atoms with Gasteiger partial charge in [0.25, 0.3) is 0 Å². The van der Waals surface area contributed by atoms with E-state index in [1.165, 1.54) is 24.2 Å². The SMILES string of the molecule is CCN(CC)CCCC(C)NC(=NC)NCCc1ccc(N(C)C)cc1.I. The van der Waals surface area contributed by atoms with Gasteiger partial charge in [-0.2, -0.15) is 0 Å². The molecule has 0 aliphatic heterocycles. The number of hydrogen-bond acceptors (Lipinski definition) is 3. The Morgan fingerprint density at radius 3 is 2.26 bits per heavy atom. The monoisotopic (exact) mass is 489 g/mol. The van der Waals surface area contributed by atoms with E-state index in [9.17, 15) is 0 Å². The molecule has 1 rings (SSSR count). The van der Waals surface area contributed by atoms with E-state index in [2.05, 4.69) is 84.6 Å². The highest BCUT2D eigenvalue weighted by molar-refractivity contribution is 14.0. The van der Waals surface area contributed by atoms with Gasteiger partial charge in [-0.3, -0.25) is 4.99 Å². The maximum Gasteiger partial charge on any atom is 0.191 e. The van der Waals surface area contributed by atoms with Gasteiger partial charge in [0.2, 0.25) is 0 Å². The van der Waals surface area contributed by atoms with Crippen LogP contribution in [0.3, 0.4) is 0 Å². The number of aliphatic imine (C=N–C) groups is 1. The van der Waals surface area contributed by atoms with Crippen molar-refractivity contribution in [3.63, 3.8) is 0 Å². The van der Waals surface area contributed by atoms with E-state index in [1.807, 2.05) is 7.05 Å². The Morgan fingerprint density at radius 2 is 1.74 bits per heavy atom. The highest BCUT2D eigenvalue weighted by Gasteiger charge is 2.06. The molecule has 0 bridgehead atoms. The van der Waals surface area contributed by atoms with E-state index in [0.29, 0.717) is 6.04 Å². The van der Waals surface area contributed by atoms with Crippen LogP contribution >= 0.6 is 24.0 Å². The number of halogens is 1. The zero-order chi connectivity index (χ0) is 19.4. The van der Waals surface area contributed by atoms with Crippen molar-refractivity contribution in [1.82, 2.24) is 15.5 Å². The lowest BCUT2D eigenvalue weighted by atomic mass is 10.1. The number of hydrogen-bond donors (Lipinski definition) is 2. The highest BCUT2D eigenvalue weighted by atomic mass is 127. The summed E-state index contributed by atoms with van der Waals surface area (Å²) in [7, 11) is 5.97. The number of benzene rings is 1. The lowest BCUT2D eigenvalue weighted by molar-refractivity contribution is 0.292. The smallest absolute Gasteiger partial charge is 0.191 e. The van der Waals surface area contributed by atoms with Crippen molar-refractivity contribution in [2.45, 2.75) is 46.1 Å². The summed E-state index contributed by atoms with van der Waals surface area (Å²) in [5.74, 6) is 0.894. The quantitative estimate of drug-likeness (QED) is 0.283. The van der Waals surface area contributed by atoms with Crippen molar-refractivity contribution >= 4 is 35.6 Å². The van der Waals surface area contributed by atoms with Gasteiger partial charge in [0.05, 0.1) is 0 Å². The Hall–Kier alpha value is -1.02. The number of rotatable bonds is 11. The van der Waals surface area contributed by atoms with Crippen LogP contribution in [0.4, 0.5) is 5.69 Å². The Kier molecular flexibility index (Phi) is 14.4. The minimum absolute atomic E-state index is 0. The van der Waals surface area contributed by atoms with E-state index in [0.717, 1.165) is 38.4 Å². The molecule has 0 aromatic heterocycles. The van der Waals surface area contributed by atoms with Gasteiger partial charge >= 0.3 is 0 Å². The van der Waals surface area contributed by atoms with Crippen molar-refractivity contribution in [3.8, 4) is 0 Å². The summed E-state index contributed by atoms with van der Waals surface area (Å²) in [6, 6.07) is 9.16. The summed E-state index contributed by atoms with van der Waals surface area (Å²) in [6.07, 6.45) is 3.36. The Labute approximate surface area is 184 Å². The molecule has 27 heavy (non-hydrogen) atoms. The first kappa shape index (κ1) is 26.0. The second kappa shape index (κ2) is 15.0. The van der Waals surface area contributed by atoms with Gasteiger partial charge in [-0.25, -0.2) is 0 Å². The van der Waals surface area contributed by atoms with Crippen LogP contribution in [0.25, 0.3) is 0 Å². The fraction of sp³-hybridized carbons (Fsp3) is 0.667. The van der Waals surface area contributed by atoms with Crippen LogP contribution in [0.15, 0.2) is 29.3 Å². The van der Waals surface area contributed by atoms with Crippen LogP contribution in [-0.2, 0) is 6.42 Å². The molecule has 0 fully saturated rings. The topological polar surface area (TPSA) is 42.9 Å². The normalized spacial score (nSPS) is 12.5. The largest absolute Gasteiger partial charge is 0.378 e. The van der Waals surface area contributed by atoms with Gasteiger partial charge in [-0.05, 0) is 63.5 Å². The Bertz CT molecular complexity index is 512. The second-order valence-corrected chi connectivity index (χ2v) is 7.02. The molecule has 0 aliphatic carbocycles. The molecule has 0 spiro atoms. The first-order valence-electron chi connectivity index (χ1n) is 9.95. The second-order valence-electron chi connectivity index (χ2n) is 7.02. The number of nitrogens with one attached hydrogen (secondary N) is 2. The molecule has 5 nitrogen and oxygen atoms in total. The molecule has 0 radical (unpaired) electrons. The summed E-state index contributed by atoms with van der Waals surface area (Å²) in [5.41, 5.74) is 2.57. The van der Waals surface area contributed by atoms with Crippen LogP contribution in [0.1, 0.15) is 39.2 Å². The molecule has 1 unspecified atom stereocenters. The molecular weight excluding hydrogens is 449 g/mol. The summed E-state index contributed by atoms with van der Waals surface area (Å²) in [4.78, 5) is 8.94. The molecule has 6 heteroatoms. The maximum absolute atomic E-state index is 4.35. The van der Waals surface area contributed by atoms with Gasteiger partial charge < -0.3 is 20.4 Å². The lowest BCUT2D eigenvalue weighted by Gasteiger charge is -2.21. The molecule has 1 aromatic rings. The van der Waals surface area contributed by atoms with Crippen LogP contribution in [0.2, 0.25) is 0 Å². The fourth-order valence-corrected chi connectivity index (χ4v) is 2.95. The lowest BCUT2D eigenvalue weighted by Crippen LogP contribution is -2.43. The zero-order valence-corrected chi connectivity index (χ0v) is 20.4. The number of anilines is 1. The van der Waals surface area contributed by atoms with Gasteiger partial charge in [0.1, 0.15) is 0 Å². The third-order valence-corrected chi connectivity index (χ3v) is 4.77. The maximum atomic E-state index is 4.35. The summed E-state index contributed by atoms with van der Waals surface area (Å²) < 4.78 is 0. The van der Waals surface area contributed by atoms with E-state index < -0.39 is 0 Å². The minimum atomic E-state index is 0. The highest BCUT2D eigenvalue weighted by Crippen LogP contribution is 2.12. The van der Waals surface area contributed by atoms with Crippen molar-refractivity contribution in [1.29, 1.82) is 0 Å². The van der Waals surface area contributed by atoms with Gasteiger partial charge in [0.15, 0.2) is 5.96 Å². The first-order chi connectivity index (χ1) is 12.5. The molecule has 2 N–H and O–H groups in total. The molecule has 156 valence electrons. The fourth-order valence-electron chi connectivity index (χ4n) is 2.95. The Morgan fingerprint density at radius 1 is 1.11 bits per heavy atom. The third kappa shape index (κ3) is 10.8. The zero-order valence-electron chi connectivity index (χ0n) is 18.1.